The lowest BCUT2D eigenvalue weighted by atomic mass is 10.2. The molecule has 15 heavy (non-hydrogen) atoms. The average molecular weight is 229 g/mol. The molecule has 84 valence electrons. The summed E-state index contributed by atoms with van der Waals surface area (Å²) in [6.07, 6.45) is 0.980. The van der Waals surface area contributed by atoms with Crippen molar-refractivity contribution in [1.82, 2.24) is 5.32 Å². The third-order valence-corrected chi connectivity index (χ3v) is 2.49. The first-order valence-electron chi connectivity index (χ1n) is 5.01. The van der Waals surface area contributed by atoms with Crippen LogP contribution >= 0.6 is 11.6 Å². The zero-order valence-electron chi connectivity index (χ0n) is 8.92. The molecular weight excluding hydrogens is 212 g/mol. The summed E-state index contributed by atoms with van der Waals surface area (Å²) in [7, 11) is 1.63. The predicted molar refractivity (Wildman–Crippen MR) is 63.4 cm³/mol. The maximum absolute atomic E-state index is 6.08. The fourth-order valence-electron chi connectivity index (χ4n) is 1.25. The Bertz CT molecular complexity index is 305. The van der Waals surface area contributed by atoms with E-state index in [4.69, 9.17) is 22.1 Å². The Morgan fingerprint density at radius 2 is 2.27 bits per heavy atom. The predicted octanol–water partition coefficient (Wildman–Crippen LogP) is 1.79. The molecule has 0 atom stereocenters. The van der Waals surface area contributed by atoms with Crippen LogP contribution in [-0.2, 0) is 6.54 Å². The number of ether oxygens (including phenoxy) is 1. The molecule has 0 bridgehead atoms. The maximum atomic E-state index is 6.08. The third kappa shape index (κ3) is 4.08. The second-order valence-electron chi connectivity index (χ2n) is 3.28. The Kier molecular flexibility index (Phi) is 5.47. The summed E-state index contributed by atoms with van der Waals surface area (Å²) in [6, 6.07) is 5.70. The Labute approximate surface area is 95.6 Å². The van der Waals surface area contributed by atoms with Crippen LogP contribution in [0.1, 0.15) is 12.0 Å². The van der Waals surface area contributed by atoms with Gasteiger partial charge in [-0.2, -0.15) is 0 Å². The number of hydrogen-bond acceptors (Lipinski definition) is 3. The molecule has 0 saturated heterocycles. The molecule has 3 N–H and O–H groups in total. The van der Waals surface area contributed by atoms with Crippen molar-refractivity contribution in [2.24, 2.45) is 5.73 Å². The fraction of sp³-hybridized carbons (Fsp3) is 0.455. The largest absolute Gasteiger partial charge is 0.497 e. The van der Waals surface area contributed by atoms with Gasteiger partial charge in [-0.15, -0.1) is 0 Å². The lowest BCUT2D eigenvalue weighted by Crippen LogP contribution is -2.17. The van der Waals surface area contributed by atoms with Crippen LogP contribution in [0.15, 0.2) is 18.2 Å². The number of halogens is 1. The van der Waals surface area contributed by atoms with E-state index in [9.17, 15) is 0 Å². The van der Waals surface area contributed by atoms with E-state index < -0.39 is 0 Å². The number of benzene rings is 1. The van der Waals surface area contributed by atoms with Crippen LogP contribution in [0.5, 0.6) is 5.75 Å². The van der Waals surface area contributed by atoms with Gasteiger partial charge in [0.15, 0.2) is 0 Å². The second-order valence-corrected chi connectivity index (χ2v) is 3.68. The minimum Gasteiger partial charge on any atom is -0.497 e. The third-order valence-electron chi connectivity index (χ3n) is 2.13. The van der Waals surface area contributed by atoms with E-state index in [0.717, 1.165) is 35.8 Å². The van der Waals surface area contributed by atoms with Gasteiger partial charge in [-0.25, -0.2) is 0 Å². The molecule has 0 unspecified atom stereocenters. The van der Waals surface area contributed by atoms with Gasteiger partial charge in [0.2, 0.25) is 0 Å². The summed E-state index contributed by atoms with van der Waals surface area (Å²) in [5.41, 5.74) is 6.47. The van der Waals surface area contributed by atoms with E-state index in [0.29, 0.717) is 6.54 Å². The summed E-state index contributed by atoms with van der Waals surface area (Å²) in [5, 5.41) is 4.01. The van der Waals surface area contributed by atoms with Gasteiger partial charge in [0, 0.05) is 11.6 Å². The van der Waals surface area contributed by atoms with Gasteiger partial charge in [-0.05, 0) is 37.2 Å². The van der Waals surface area contributed by atoms with E-state index in [2.05, 4.69) is 5.32 Å². The van der Waals surface area contributed by atoms with Crippen LogP contribution in [0.2, 0.25) is 5.02 Å². The Balaban J connectivity index is 2.47. The van der Waals surface area contributed by atoms with Crippen molar-refractivity contribution in [3.05, 3.63) is 28.8 Å². The molecule has 3 nitrogen and oxygen atoms in total. The molecule has 0 aromatic heterocycles. The van der Waals surface area contributed by atoms with Gasteiger partial charge < -0.3 is 15.8 Å². The first-order chi connectivity index (χ1) is 7.27. The molecule has 0 saturated carbocycles. The molecule has 4 heteroatoms. The van der Waals surface area contributed by atoms with Crippen LogP contribution in [0.25, 0.3) is 0 Å². The zero-order chi connectivity index (χ0) is 11.1. The van der Waals surface area contributed by atoms with Crippen LogP contribution in [0.3, 0.4) is 0 Å². The fourth-order valence-corrected chi connectivity index (χ4v) is 1.49. The van der Waals surface area contributed by atoms with E-state index in [1.807, 2.05) is 18.2 Å². The monoisotopic (exact) mass is 228 g/mol. The molecule has 1 aromatic rings. The van der Waals surface area contributed by atoms with Gasteiger partial charge >= 0.3 is 0 Å². The minimum absolute atomic E-state index is 0.712. The zero-order valence-corrected chi connectivity index (χ0v) is 9.68. The second kappa shape index (κ2) is 6.67. The van der Waals surface area contributed by atoms with Gasteiger partial charge in [-0.3, -0.25) is 0 Å². The SMILES string of the molecule is COc1ccc(CNCCCN)c(Cl)c1. The van der Waals surface area contributed by atoms with E-state index in [1.165, 1.54) is 0 Å². The number of methoxy groups -OCH3 is 1. The highest BCUT2D eigenvalue weighted by Gasteiger charge is 2.01. The van der Waals surface area contributed by atoms with Crippen molar-refractivity contribution < 1.29 is 4.74 Å². The number of rotatable bonds is 6. The maximum Gasteiger partial charge on any atom is 0.120 e. The molecule has 0 amide bonds. The molecule has 1 rings (SSSR count). The molecule has 0 spiro atoms. The van der Waals surface area contributed by atoms with Gasteiger partial charge in [0.05, 0.1) is 7.11 Å². The molecule has 0 radical (unpaired) electrons. The van der Waals surface area contributed by atoms with E-state index in [-0.39, 0.29) is 0 Å². The normalized spacial score (nSPS) is 10.3. The van der Waals surface area contributed by atoms with Crippen LogP contribution in [-0.4, -0.2) is 20.2 Å². The van der Waals surface area contributed by atoms with E-state index in [1.54, 1.807) is 7.11 Å². The molecule has 0 heterocycles. The first-order valence-corrected chi connectivity index (χ1v) is 5.39. The standard InChI is InChI=1S/C11H17ClN2O/c1-15-10-4-3-9(11(12)7-10)8-14-6-2-5-13/h3-4,7,14H,2,5-6,8,13H2,1H3. The molecule has 0 aliphatic rings. The molecular formula is C11H17ClN2O. The Hall–Kier alpha value is -0.770. The topological polar surface area (TPSA) is 47.3 Å². The van der Waals surface area contributed by atoms with Crippen molar-refractivity contribution in [2.75, 3.05) is 20.2 Å². The molecule has 0 aliphatic carbocycles. The number of nitrogens with two attached hydrogens (primary N) is 1. The van der Waals surface area contributed by atoms with Crippen molar-refractivity contribution >= 4 is 11.6 Å². The minimum atomic E-state index is 0.712. The summed E-state index contributed by atoms with van der Waals surface area (Å²) < 4.78 is 5.07. The summed E-state index contributed by atoms with van der Waals surface area (Å²) >= 11 is 6.08. The Morgan fingerprint density at radius 1 is 1.47 bits per heavy atom. The first kappa shape index (κ1) is 12.3. The number of hydrogen-bond donors (Lipinski definition) is 2. The molecule has 0 fully saturated rings. The van der Waals surface area contributed by atoms with Crippen molar-refractivity contribution in [3.63, 3.8) is 0 Å². The number of nitrogens with one attached hydrogen (secondary N) is 1. The molecule has 1 aromatic carbocycles. The van der Waals surface area contributed by atoms with Gasteiger partial charge in [0.1, 0.15) is 5.75 Å². The quantitative estimate of drug-likeness (QED) is 0.730. The smallest absolute Gasteiger partial charge is 0.120 e. The summed E-state index contributed by atoms with van der Waals surface area (Å²) in [4.78, 5) is 0. The van der Waals surface area contributed by atoms with Crippen LogP contribution in [0, 0.1) is 0 Å². The lowest BCUT2D eigenvalue weighted by Gasteiger charge is -2.07. The highest BCUT2D eigenvalue weighted by molar-refractivity contribution is 6.31. The van der Waals surface area contributed by atoms with Gasteiger partial charge in [-0.1, -0.05) is 17.7 Å². The lowest BCUT2D eigenvalue weighted by molar-refractivity contribution is 0.414. The molecule has 0 aliphatic heterocycles. The van der Waals surface area contributed by atoms with Crippen molar-refractivity contribution in [2.45, 2.75) is 13.0 Å². The summed E-state index contributed by atoms with van der Waals surface area (Å²) in [6.45, 7) is 2.39. The summed E-state index contributed by atoms with van der Waals surface area (Å²) in [5.74, 6) is 0.783. The highest BCUT2D eigenvalue weighted by Crippen LogP contribution is 2.21. The van der Waals surface area contributed by atoms with Crippen LogP contribution in [0.4, 0.5) is 0 Å². The van der Waals surface area contributed by atoms with Crippen LogP contribution < -0.4 is 15.8 Å². The average Bonchev–Trinajstić information content (AvgIpc) is 2.26. The van der Waals surface area contributed by atoms with Crippen molar-refractivity contribution in [3.8, 4) is 5.75 Å². The van der Waals surface area contributed by atoms with E-state index >= 15 is 0 Å². The highest BCUT2D eigenvalue weighted by atomic mass is 35.5. The van der Waals surface area contributed by atoms with Gasteiger partial charge in [0.25, 0.3) is 0 Å². The Morgan fingerprint density at radius 3 is 2.87 bits per heavy atom. The van der Waals surface area contributed by atoms with Crippen molar-refractivity contribution in [1.29, 1.82) is 0 Å².